The maximum atomic E-state index is 12.0. The average molecular weight is 326 g/mol. The second-order valence-electron chi connectivity index (χ2n) is 4.15. The van der Waals surface area contributed by atoms with Crippen molar-refractivity contribution in [1.29, 1.82) is 0 Å². The number of benzene rings is 1. The van der Waals surface area contributed by atoms with E-state index in [1.54, 1.807) is 12.1 Å². The van der Waals surface area contributed by atoms with Crippen LogP contribution in [0, 0.1) is 0 Å². The van der Waals surface area contributed by atoms with E-state index in [-0.39, 0.29) is 12.6 Å². The predicted octanol–water partition coefficient (Wildman–Crippen LogP) is 3.67. The maximum absolute atomic E-state index is 12.0. The van der Waals surface area contributed by atoms with Crippen molar-refractivity contribution >= 4 is 15.9 Å². The molecule has 0 radical (unpaired) electrons. The summed E-state index contributed by atoms with van der Waals surface area (Å²) in [6.45, 7) is 1.46. The lowest BCUT2D eigenvalue weighted by atomic mass is 10.1. The third-order valence-electron chi connectivity index (χ3n) is 2.21. The van der Waals surface area contributed by atoms with Gasteiger partial charge in [0, 0.05) is 10.5 Å². The van der Waals surface area contributed by atoms with Gasteiger partial charge in [-0.3, -0.25) is 0 Å². The monoisotopic (exact) mass is 325 g/mol. The highest BCUT2D eigenvalue weighted by atomic mass is 79.9. The van der Waals surface area contributed by atoms with Crippen molar-refractivity contribution in [3.8, 4) is 5.75 Å². The molecular weight excluding hydrogens is 311 g/mol. The van der Waals surface area contributed by atoms with E-state index < -0.39 is 12.6 Å². The molecule has 0 amide bonds. The average Bonchev–Trinajstić information content (AvgIpc) is 2.18. The summed E-state index contributed by atoms with van der Waals surface area (Å²) in [5.74, 6) is 0.458. The fourth-order valence-corrected chi connectivity index (χ4v) is 1.88. The van der Waals surface area contributed by atoms with E-state index in [1.807, 2.05) is 13.0 Å². The lowest BCUT2D eigenvalue weighted by molar-refractivity contribution is -0.139. The van der Waals surface area contributed by atoms with Crippen molar-refractivity contribution in [3.63, 3.8) is 0 Å². The Kier molecular flexibility index (Phi) is 5.47. The summed E-state index contributed by atoms with van der Waals surface area (Å²) in [5, 5.41) is 0. The van der Waals surface area contributed by atoms with E-state index in [0.717, 1.165) is 10.0 Å². The van der Waals surface area contributed by atoms with Crippen LogP contribution in [0.3, 0.4) is 0 Å². The molecule has 0 bridgehead atoms. The van der Waals surface area contributed by atoms with Gasteiger partial charge in [0.25, 0.3) is 0 Å². The van der Waals surface area contributed by atoms with E-state index in [0.29, 0.717) is 12.2 Å². The Morgan fingerprint density at radius 2 is 2.06 bits per heavy atom. The van der Waals surface area contributed by atoms with Crippen LogP contribution < -0.4 is 10.5 Å². The van der Waals surface area contributed by atoms with Gasteiger partial charge in [-0.25, -0.2) is 0 Å². The van der Waals surface area contributed by atoms with Gasteiger partial charge in [0.2, 0.25) is 0 Å². The minimum atomic E-state index is -4.20. The molecule has 6 heteroatoms. The minimum absolute atomic E-state index is 0.0794. The number of hydrogen-bond donors (Lipinski definition) is 1. The number of ether oxygens (including phenoxy) is 1. The Bertz CT molecular complexity index is 393. The standard InChI is InChI=1S/C12H15BrF3NO/c1-8(17)6-9-7-10(13)2-3-11(9)18-5-4-12(14,15)16/h2-3,7-8H,4-6,17H2,1H3. The van der Waals surface area contributed by atoms with Crippen LogP contribution in [0.4, 0.5) is 13.2 Å². The van der Waals surface area contributed by atoms with E-state index in [9.17, 15) is 13.2 Å². The van der Waals surface area contributed by atoms with Gasteiger partial charge in [-0.05, 0) is 37.1 Å². The number of hydrogen-bond acceptors (Lipinski definition) is 2. The summed E-state index contributed by atoms with van der Waals surface area (Å²) >= 11 is 3.31. The van der Waals surface area contributed by atoms with E-state index >= 15 is 0 Å². The van der Waals surface area contributed by atoms with Gasteiger partial charge in [-0.1, -0.05) is 15.9 Å². The third-order valence-corrected chi connectivity index (χ3v) is 2.70. The minimum Gasteiger partial charge on any atom is -0.493 e. The van der Waals surface area contributed by atoms with Crippen LogP contribution in [0.2, 0.25) is 0 Å². The van der Waals surface area contributed by atoms with E-state index in [4.69, 9.17) is 10.5 Å². The molecule has 18 heavy (non-hydrogen) atoms. The van der Waals surface area contributed by atoms with Gasteiger partial charge >= 0.3 is 6.18 Å². The second kappa shape index (κ2) is 6.43. The molecule has 1 aromatic carbocycles. The summed E-state index contributed by atoms with van der Waals surface area (Å²) in [5.41, 5.74) is 6.50. The third kappa shape index (κ3) is 5.73. The molecule has 0 aliphatic heterocycles. The number of alkyl halides is 3. The van der Waals surface area contributed by atoms with E-state index in [2.05, 4.69) is 15.9 Å². The van der Waals surface area contributed by atoms with Crippen LogP contribution in [-0.2, 0) is 6.42 Å². The molecule has 0 saturated heterocycles. The molecule has 1 unspecified atom stereocenters. The highest BCUT2D eigenvalue weighted by molar-refractivity contribution is 9.10. The molecule has 0 aromatic heterocycles. The topological polar surface area (TPSA) is 35.2 Å². The van der Waals surface area contributed by atoms with Crippen LogP contribution >= 0.6 is 15.9 Å². The molecule has 102 valence electrons. The van der Waals surface area contributed by atoms with Gasteiger partial charge in [-0.2, -0.15) is 13.2 Å². The fraction of sp³-hybridized carbons (Fsp3) is 0.500. The summed E-state index contributed by atoms with van der Waals surface area (Å²) in [7, 11) is 0. The van der Waals surface area contributed by atoms with Crippen LogP contribution in [0.15, 0.2) is 22.7 Å². The molecule has 0 aliphatic rings. The van der Waals surface area contributed by atoms with Gasteiger partial charge < -0.3 is 10.5 Å². The molecule has 1 rings (SSSR count). The zero-order chi connectivity index (χ0) is 13.8. The summed E-state index contributed by atoms with van der Waals surface area (Å²) < 4.78 is 42.1. The fourth-order valence-electron chi connectivity index (χ4n) is 1.47. The highest BCUT2D eigenvalue weighted by Gasteiger charge is 2.27. The quantitative estimate of drug-likeness (QED) is 0.896. The molecule has 0 aliphatic carbocycles. The first-order valence-corrected chi connectivity index (χ1v) is 6.31. The summed E-state index contributed by atoms with van der Waals surface area (Å²) in [6.07, 6.45) is -4.60. The first kappa shape index (κ1) is 15.3. The van der Waals surface area contributed by atoms with Crippen LogP contribution in [-0.4, -0.2) is 18.8 Å². The van der Waals surface area contributed by atoms with Crippen molar-refractivity contribution in [3.05, 3.63) is 28.2 Å². The van der Waals surface area contributed by atoms with Crippen molar-refractivity contribution in [2.75, 3.05) is 6.61 Å². The van der Waals surface area contributed by atoms with Gasteiger partial charge in [0.05, 0.1) is 13.0 Å². The summed E-state index contributed by atoms with van der Waals surface area (Å²) in [6, 6.07) is 5.11. The molecule has 1 atom stereocenters. The Hall–Kier alpha value is -0.750. The van der Waals surface area contributed by atoms with Gasteiger partial charge in [0.1, 0.15) is 5.75 Å². The predicted molar refractivity (Wildman–Crippen MR) is 67.7 cm³/mol. The summed E-state index contributed by atoms with van der Waals surface area (Å²) in [4.78, 5) is 0. The highest BCUT2D eigenvalue weighted by Crippen LogP contribution is 2.26. The molecule has 0 spiro atoms. The second-order valence-corrected chi connectivity index (χ2v) is 5.06. The molecule has 2 nitrogen and oxygen atoms in total. The van der Waals surface area contributed by atoms with Crippen LogP contribution in [0.1, 0.15) is 18.9 Å². The molecule has 0 saturated carbocycles. The van der Waals surface area contributed by atoms with Crippen LogP contribution in [0.25, 0.3) is 0 Å². The molecule has 0 fully saturated rings. The molecule has 2 N–H and O–H groups in total. The van der Waals surface area contributed by atoms with Crippen molar-refractivity contribution < 1.29 is 17.9 Å². The lowest BCUT2D eigenvalue weighted by Crippen LogP contribution is -2.19. The molecule has 0 heterocycles. The van der Waals surface area contributed by atoms with Crippen molar-refractivity contribution in [2.45, 2.75) is 32.0 Å². The Balaban J connectivity index is 2.69. The Morgan fingerprint density at radius 3 is 2.61 bits per heavy atom. The molecular formula is C12H15BrF3NO. The van der Waals surface area contributed by atoms with E-state index in [1.165, 1.54) is 0 Å². The first-order valence-electron chi connectivity index (χ1n) is 5.51. The van der Waals surface area contributed by atoms with Crippen LogP contribution in [0.5, 0.6) is 5.75 Å². The van der Waals surface area contributed by atoms with Crippen molar-refractivity contribution in [2.24, 2.45) is 5.73 Å². The number of rotatable bonds is 5. The number of halogens is 4. The first-order chi connectivity index (χ1) is 8.28. The largest absolute Gasteiger partial charge is 0.493 e. The zero-order valence-corrected chi connectivity index (χ0v) is 11.5. The SMILES string of the molecule is CC(N)Cc1cc(Br)ccc1OCCC(F)(F)F. The smallest absolute Gasteiger partial charge is 0.392 e. The molecule has 1 aromatic rings. The normalized spacial score (nSPS) is 13.4. The number of nitrogens with two attached hydrogens (primary N) is 1. The van der Waals surface area contributed by atoms with Gasteiger partial charge in [0.15, 0.2) is 0 Å². The lowest BCUT2D eigenvalue weighted by Gasteiger charge is -2.14. The Morgan fingerprint density at radius 1 is 1.39 bits per heavy atom. The zero-order valence-electron chi connectivity index (χ0n) is 9.93. The maximum Gasteiger partial charge on any atom is 0.392 e. The van der Waals surface area contributed by atoms with Crippen molar-refractivity contribution in [1.82, 2.24) is 0 Å². The Labute approximate surface area is 112 Å². The van der Waals surface area contributed by atoms with Gasteiger partial charge in [-0.15, -0.1) is 0 Å².